The molecule has 0 amide bonds. The first-order valence-corrected chi connectivity index (χ1v) is 6.76. The highest BCUT2D eigenvalue weighted by Gasteiger charge is 2.13. The third kappa shape index (κ3) is 7.98. The minimum absolute atomic E-state index is 0. The average Bonchev–Trinajstić information content (AvgIpc) is 2.39. The fourth-order valence-electron chi connectivity index (χ4n) is 1.96. The number of Topliss-reactive ketones (excluding diaryl/α,β-unsaturated/α-hetero) is 1. The first-order chi connectivity index (χ1) is 8.74. The van der Waals surface area contributed by atoms with E-state index in [4.69, 9.17) is 11.5 Å². The van der Waals surface area contributed by atoms with E-state index in [0.29, 0.717) is 12.8 Å². The van der Waals surface area contributed by atoms with Gasteiger partial charge in [0.2, 0.25) is 0 Å². The molecule has 0 radical (unpaired) electrons. The van der Waals surface area contributed by atoms with Crippen molar-refractivity contribution in [2.75, 3.05) is 6.54 Å². The lowest BCUT2D eigenvalue weighted by atomic mass is 9.99. The molecule has 1 aromatic rings. The smallest absolute Gasteiger partial charge is 0.149 e. The molecule has 0 saturated heterocycles. The Kier molecular flexibility index (Phi) is 10.5. The first-order valence-electron chi connectivity index (χ1n) is 6.76. The van der Waals surface area contributed by atoms with Gasteiger partial charge in [-0.15, -0.1) is 12.4 Å². The molecule has 108 valence electrons. The highest BCUT2D eigenvalue weighted by molar-refractivity contribution is 5.85. The maximum absolute atomic E-state index is 11.8. The molecule has 0 unspecified atom stereocenters. The number of carbonyl (C=O) groups excluding carboxylic acids is 1. The highest BCUT2D eigenvalue weighted by Crippen LogP contribution is 2.07. The predicted octanol–water partition coefficient (Wildman–Crippen LogP) is 2.46. The summed E-state index contributed by atoms with van der Waals surface area (Å²) in [5.74, 6) is 0.173. The maximum atomic E-state index is 11.8. The molecule has 0 aliphatic heterocycles. The largest absolute Gasteiger partial charge is 0.330 e. The summed E-state index contributed by atoms with van der Waals surface area (Å²) in [7, 11) is 0. The van der Waals surface area contributed by atoms with Crippen LogP contribution in [0.4, 0.5) is 0 Å². The van der Waals surface area contributed by atoms with Crippen LogP contribution in [0.5, 0.6) is 0 Å². The summed E-state index contributed by atoms with van der Waals surface area (Å²) >= 11 is 0. The fraction of sp³-hybridized carbons (Fsp3) is 0.533. The highest BCUT2D eigenvalue weighted by atomic mass is 35.5. The second kappa shape index (κ2) is 11.0. The van der Waals surface area contributed by atoms with Gasteiger partial charge in [-0.1, -0.05) is 43.2 Å². The van der Waals surface area contributed by atoms with Crippen LogP contribution in [0.2, 0.25) is 0 Å². The normalized spacial score (nSPS) is 11.7. The number of rotatable bonds is 9. The van der Waals surface area contributed by atoms with E-state index in [9.17, 15) is 4.79 Å². The van der Waals surface area contributed by atoms with Gasteiger partial charge in [-0.25, -0.2) is 0 Å². The summed E-state index contributed by atoms with van der Waals surface area (Å²) in [6.45, 7) is 0.738. The number of benzene rings is 1. The van der Waals surface area contributed by atoms with Gasteiger partial charge in [-0.2, -0.15) is 0 Å². The van der Waals surface area contributed by atoms with Gasteiger partial charge in [-0.05, 0) is 31.4 Å². The molecule has 1 atom stereocenters. The summed E-state index contributed by atoms with van der Waals surface area (Å²) in [5, 5.41) is 0. The Morgan fingerprint density at radius 1 is 1.05 bits per heavy atom. The molecular formula is C15H25ClN2O. The number of halogens is 1. The first kappa shape index (κ1) is 18.1. The summed E-state index contributed by atoms with van der Waals surface area (Å²) in [4.78, 5) is 11.8. The van der Waals surface area contributed by atoms with E-state index in [1.165, 1.54) is 0 Å². The molecule has 1 rings (SSSR count). The maximum Gasteiger partial charge on any atom is 0.149 e. The van der Waals surface area contributed by atoms with Gasteiger partial charge in [0, 0.05) is 6.42 Å². The Balaban J connectivity index is 0.00000324. The molecule has 1 aromatic carbocycles. The second-order valence-corrected chi connectivity index (χ2v) is 4.72. The summed E-state index contributed by atoms with van der Waals surface area (Å²) in [6.07, 6.45) is 5.39. The van der Waals surface area contributed by atoms with E-state index in [1.54, 1.807) is 0 Å². The minimum Gasteiger partial charge on any atom is -0.330 e. The lowest BCUT2D eigenvalue weighted by Crippen LogP contribution is -2.32. The number of nitrogens with two attached hydrogens (primary N) is 2. The lowest BCUT2D eigenvalue weighted by molar-refractivity contribution is -0.120. The van der Waals surface area contributed by atoms with Crippen LogP contribution >= 0.6 is 12.4 Å². The SMILES string of the molecule is Cl.NCCCCCCC(=O)[C@@H](N)Cc1ccccc1. The van der Waals surface area contributed by atoms with Gasteiger partial charge in [0.05, 0.1) is 6.04 Å². The van der Waals surface area contributed by atoms with Crippen LogP contribution in [0, 0.1) is 0 Å². The summed E-state index contributed by atoms with van der Waals surface area (Å²) in [5.41, 5.74) is 12.5. The van der Waals surface area contributed by atoms with Crippen molar-refractivity contribution in [2.24, 2.45) is 11.5 Å². The van der Waals surface area contributed by atoms with E-state index in [2.05, 4.69) is 0 Å². The monoisotopic (exact) mass is 284 g/mol. The van der Waals surface area contributed by atoms with Crippen LogP contribution in [0.15, 0.2) is 30.3 Å². The summed E-state index contributed by atoms with van der Waals surface area (Å²) in [6, 6.07) is 9.57. The molecule has 0 bridgehead atoms. The lowest BCUT2D eigenvalue weighted by Gasteiger charge is -2.10. The fourth-order valence-corrected chi connectivity index (χ4v) is 1.96. The molecule has 0 aliphatic carbocycles. The van der Waals surface area contributed by atoms with E-state index in [1.807, 2.05) is 30.3 Å². The predicted molar refractivity (Wildman–Crippen MR) is 82.5 cm³/mol. The van der Waals surface area contributed by atoms with E-state index in [-0.39, 0.29) is 24.2 Å². The zero-order valence-electron chi connectivity index (χ0n) is 11.4. The van der Waals surface area contributed by atoms with Gasteiger partial charge in [0.15, 0.2) is 0 Å². The second-order valence-electron chi connectivity index (χ2n) is 4.72. The van der Waals surface area contributed by atoms with Gasteiger partial charge in [0.25, 0.3) is 0 Å². The van der Waals surface area contributed by atoms with Crippen molar-refractivity contribution in [1.29, 1.82) is 0 Å². The van der Waals surface area contributed by atoms with Crippen molar-refractivity contribution < 1.29 is 4.79 Å². The zero-order chi connectivity index (χ0) is 13.2. The molecule has 3 nitrogen and oxygen atoms in total. The molecule has 0 aliphatic rings. The van der Waals surface area contributed by atoms with Crippen LogP contribution in [0.3, 0.4) is 0 Å². The molecule has 4 N–H and O–H groups in total. The Hall–Kier alpha value is -0.900. The third-order valence-electron chi connectivity index (χ3n) is 3.09. The average molecular weight is 285 g/mol. The molecule has 0 aromatic heterocycles. The molecule has 0 fully saturated rings. The third-order valence-corrected chi connectivity index (χ3v) is 3.09. The van der Waals surface area contributed by atoms with Crippen molar-refractivity contribution in [2.45, 2.75) is 44.6 Å². The number of hydrogen-bond acceptors (Lipinski definition) is 3. The Morgan fingerprint density at radius 2 is 1.68 bits per heavy atom. The van der Waals surface area contributed by atoms with Crippen molar-refractivity contribution in [3.63, 3.8) is 0 Å². The van der Waals surface area contributed by atoms with E-state index < -0.39 is 0 Å². The Morgan fingerprint density at radius 3 is 2.32 bits per heavy atom. The van der Waals surface area contributed by atoms with Gasteiger partial charge in [-0.3, -0.25) is 4.79 Å². The quantitative estimate of drug-likeness (QED) is 0.685. The van der Waals surface area contributed by atoms with Crippen molar-refractivity contribution in [3.8, 4) is 0 Å². The van der Waals surface area contributed by atoms with E-state index in [0.717, 1.165) is 37.8 Å². The molecule has 0 spiro atoms. The van der Waals surface area contributed by atoms with Crippen LogP contribution in [0.25, 0.3) is 0 Å². The molecule has 4 heteroatoms. The number of ketones is 1. The molecule has 19 heavy (non-hydrogen) atoms. The van der Waals surface area contributed by atoms with Crippen LogP contribution in [-0.4, -0.2) is 18.4 Å². The topological polar surface area (TPSA) is 69.1 Å². The van der Waals surface area contributed by atoms with Crippen molar-refractivity contribution in [1.82, 2.24) is 0 Å². The van der Waals surface area contributed by atoms with Crippen molar-refractivity contribution in [3.05, 3.63) is 35.9 Å². The minimum atomic E-state index is -0.359. The van der Waals surface area contributed by atoms with Crippen LogP contribution in [0.1, 0.15) is 37.7 Å². The standard InChI is InChI=1S/C15H24N2O.ClH/c16-11-7-2-1-6-10-15(18)14(17)12-13-8-4-3-5-9-13;/h3-5,8-9,14H,1-2,6-7,10-12,16-17H2;1H/t14-;/m0./s1. The summed E-state index contributed by atoms with van der Waals surface area (Å²) < 4.78 is 0. The Bertz CT molecular complexity index is 343. The molecule has 0 saturated carbocycles. The molecule has 0 heterocycles. The number of carbonyl (C=O) groups is 1. The molecular weight excluding hydrogens is 260 g/mol. The van der Waals surface area contributed by atoms with Gasteiger partial charge in [0.1, 0.15) is 5.78 Å². The van der Waals surface area contributed by atoms with Crippen molar-refractivity contribution >= 4 is 18.2 Å². The van der Waals surface area contributed by atoms with Crippen LogP contribution in [-0.2, 0) is 11.2 Å². The van der Waals surface area contributed by atoms with Gasteiger partial charge >= 0.3 is 0 Å². The Labute approximate surface area is 122 Å². The van der Waals surface area contributed by atoms with E-state index >= 15 is 0 Å². The number of hydrogen-bond donors (Lipinski definition) is 2. The van der Waals surface area contributed by atoms with Gasteiger partial charge < -0.3 is 11.5 Å². The van der Waals surface area contributed by atoms with Crippen LogP contribution < -0.4 is 11.5 Å². The zero-order valence-corrected chi connectivity index (χ0v) is 12.2. The number of unbranched alkanes of at least 4 members (excludes halogenated alkanes) is 3.